The molecule has 0 radical (unpaired) electrons. The Morgan fingerprint density at radius 2 is 1.89 bits per heavy atom. The summed E-state index contributed by atoms with van der Waals surface area (Å²) >= 11 is 1.39. The van der Waals surface area contributed by atoms with Crippen LogP contribution in [0.1, 0.15) is 12.5 Å². The third-order valence-electron chi connectivity index (χ3n) is 4.27. The molecule has 0 aliphatic heterocycles. The molecule has 0 aliphatic carbocycles. The third kappa shape index (κ3) is 3.13. The van der Waals surface area contributed by atoms with E-state index >= 15 is 4.39 Å². The van der Waals surface area contributed by atoms with Crippen molar-refractivity contribution in [2.75, 3.05) is 5.32 Å². The molecule has 28 heavy (non-hydrogen) atoms. The van der Waals surface area contributed by atoms with E-state index in [4.69, 9.17) is 0 Å². The maximum Gasteiger partial charge on any atom is 0.228 e. The van der Waals surface area contributed by atoms with E-state index in [-0.39, 0.29) is 11.1 Å². The average molecular weight is 398 g/mol. The van der Waals surface area contributed by atoms with Crippen LogP contribution in [0.15, 0.2) is 42.2 Å². The van der Waals surface area contributed by atoms with Crippen LogP contribution in [0.3, 0.4) is 0 Å². The molecule has 0 unspecified atom stereocenters. The Bertz CT molecular complexity index is 1110. The van der Waals surface area contributed by atoms with Crippen LogP contribution < -0.4 is 5.32 Å². The molecule has 1 N–H and O–H groups in total. The second kappa shape index (κ2) is 7.43. The fourth-order valence-electron chi connectivity index (χ4n) is 2.89. The molecule has 4 rings (SSSR count). The zero-order valence-corrected chi connectivity index (χ0v) is 16.0. The third-order valence-corrected chi connectivity index (χ3v) is 5.05. The van der Waals surface area contributed by atoms with Crippen LogP contribution in [0.25, 0.3) is 21.8 Å². The van der Waals surface area contributed by atoms with Gasteiger partial charge >= 0.3 is 0 Å². The Morgan fingerprint density at radius 1 is 1.11 bits per heavy atom. The first-order chi connectivity index (χ1) is 13.6. The highest BCUT2D eigenvalue weighted by Crippen LogP contribution is 2.41. The van der Waals surface area contributed by atoms with Gasteiger partial charge in [0.25, 0.3) is 0 Å². The number of thiazole rings is 1. The smallest absolute Gasteiger partial charge is 0.228 e. The Kier molecular flexibility index (Phi) is 4.82. The van der Waals surface area contributed by atoms with Crippen LogP contribution in [0.2, 0.25) is 0 Å². The van der Waals surface area contributed by atoms with Crippen molar-refractivity contribution < 1.29 is 8.78 Å². The first-order valence-corrected chi connectivity index (χ1v) is 9.47. The van der Waals surface area contributed by atoms with Crippen molar-refractivity contribution in [2.24, 2.45) is 0 Å². The minimum atomic E-state index is -0.634. The summed E-state index contributed by atoms with van der Waals surface area (Å²) in [5.41, 5.74) is 1.20. The first kappa shape index (κ1) is 18.2. The van der Waals surface area contributed by atoms with Crippen LogP contribution in [-0.4, -0.2) is 24.7 Å². The summed E-state index contributed by atoms with van der Waals surface area (Å²) < 4.78 is 30.6. The fourth-order valence-corrected chi connectivity index (χ4v) is 3.51. The van der Waals surface area contributed by atoms with Gasteiger partial charge in [0.2, 0.25) is 5.95 Å². The van der Waals surface area contributed by atoms with Gasteiger partial charge in [-0.3, -0.25) is 0 Å². The molecule has 0 spiro atoms. The minimum absolute atomic E-state index is 0.0475. The monoisotopic (exact) mass is 398 g/mol. The summed E-state index contributed by atoms with van der Waals surface area (Å²) in [5.74, 6) is -0.363. The molecule has 0 fully saturated rings. The van der Waals surface area contributed by atoms with E-state index in [0.29, 0.717) is 34.6 Å². The highest BCUT2D eigenvalue weighted by Gasteiger charge is 2.26. The highest BCUT2D eigenvalue weighted by atomic mass is 32.1. The molecule has 0 atom stereocenters. The quantitative estimate of drug-likeness (QED) is 0.522. The molecule has 4 aromatic rings. The number of nitrogens with one attached hydrogen (secondary N) is 1. The number of benzene rings is 1. The van der Waals surface area contributed by atoms with Crippen molar-refractivity contribution in [3.8, 4) is 21.8 Å². The maximum absolute atomic E-state index is 15.0. The Balaban J connectivity index is 1.99. The van der Waals surface area contributed by atoms with Crippen molar-refractivity contribution in [2.45, 2.75) is 20.4 Å². The summed E-state index contributed by atoms with van der Waals surface area (Å²) in [6, 6.07) is 4.38. The van der Waals surface area contributed by atoms with Crippen LogP contribution in [0, 0.1) is 18.6 Å². The molecule has 142 valence electrons. The van der Waals surface area contributed by atoms with E-state index in [0.717, 1.165) is 0 Å². The number of aryl methyl sites for hydroxylation is 1. The predicted molar refractivity (Wildman–Crippen MR) is 104 cm³/mol. The zero-order chi connectivity index (χ0) is 19.7. The minimum Gasteiger partial charge on any atom is -0.308 e. The Labute approximate surface area is 163 Å². The predicted octanol–water partition coefficient (Wildman–Crippen LogP) is 4.81. The van der Waals surface area contributed by atoms with Crippen LogP contribution in [0.4, 0.5) is 20.5 Å². The lowest BCUT2D eigenvalue weighted by atomic mass is 10.0. The van der Waals surface area contributed by atoms with Gasteiger partial charge in [0.05, 0.1) is 5.56 Å². The zero-order valence-electron chi connectivity index (χ0n) is 15.1. The lowest BCUT2D eigenvalue weighted by Crippen LogP contribution is -2.06. The van der Waals surface area contributed by atoms with Crippen LogP contribution in [-0.2, 0) is 6.54 Å². The van der Waals surface area contributed by atoms with Gasteiger partial charge in [-0.1, -0.05) is 0 Å². The van der Waals surface area contributed by atoms with E-state index in [2.05, 4.69) is 25.4 Å². The number of nitrogens with zero attached hydrogens (tertiary/aromatic N) is 5. The molecule has 0 amide bonds. The van der Waals surface area contributed by atoms with E-state index in [1.54, 1.807) is 29.3 Å². The summed E-state index contributed by atoms with van der Waals surface area (Å²) in [7, 11) is 0. The lowest BCUT2D eigenvalue weighted by molar-refractivity contribution is 0.570. The number of hydrogen-bond acceptors (Lipinski definition) is 6. The summed E-state index contributed by atoms with van der Waals surface area (Å²) in [6.45, 7) is 3.86. The van der Waals surface area contributed by atoms with E-state index < -0.39 is 11.6 Å². The van der Waals surface area contributed by atoms with Crippen molar-refractivity contribution >= 4 is 23.1 Å². The second-order valence-electron chi connectivity index (χ2n) is 5.96. The van der Waals surface area contributed by atoms with E-state index in [9.17, 15) is 4.39 Å². The van der Waals surface area contributed by atoms with Gasteiger partial charge in [0, 0.05) is 41.6 Å². The van der Waals surface area contributed by atoms with Crippen molar-refractivity contribution in [1.82, 2.24) is 24.7 Å². The van der Waals surface area contributed by atoms with Gasteiger partial charge in [-0.05, 0) is 32.0 Å². The van der Waals surface area contributed by atoms with Gasteiger partial charge in [-0.25, -0.2) is 28.4 Å². The Hall–Kier alpha value is -3.20. The van der Waals surface area contributed by atoms with E-state index in [1.807, 2.05) is 12.3 Å². The first-order valence-electron chi connectivity index (χ1n) is 8.59. The average Bonchev–Trinajstić information content (AvgIpc) is 3.35. The molecule has 0 aliphatic rings. The highest BCUT2D eigenvalue weighted by molar-refractivity contribution is 7.13. The number of anilines is 2. The molecule has 0 saturated carbocycles. The Morgan fingerprint density at radius 3 is 2.57 bits per heavy atom. The number of halogens is 2. The summed E-state index contributed by atoms with van der Waals surface area (Å²) in [5, 5.41) is 10.2. The molecule has 3 heterocycles. The van der Waals surface area contributed by atoms with Gasteiger partial charge in [-0.2, -0.15) is 5.10 Å². The van der Waals surface area contributed by atoms with Crippen LogP contribution in [0.5, 0.6) is 0 Å². The molecule has 6 nitrogen and oxygen atoms in total. The fraction of sp³-hybridized carbons (Fsp3) is 0.158. The van der Waals surface area contributed by atoms with Crippen molar-refractivity contribution in [3.63, 3.8) is 0 Å². The van der Waals surface area contributed by atoms with Gasteiger partial charge in [0.15, 0.2) is 0 Å². The molecule has 9 heteroatoms. The van der Waals surface area contributed by atoms with Gasteiger partial charge in [-0.15, -0.1) is 11.3 Å². The van der Waals surface area contributed by atoms with Gasteiger partial charge in [0.1, 0.15) is 28.2 Å². The molecule has 3 aromatic heterocycles. The molecule has 0 saturated heterocycles. The topological polar surface area (TPSA) is 68.5 Å². The van der Waals surface area contributed by atoms with E-state index in [1.165, 1.54) is 30.4 Å². The lowest BCUT2D eigenvalue weighted by Gasteiger charge is -2.12. The maximum atomic E-state index is 15.0. The number of rotatable bonds is 5. The molecule has 1 aromatic carbocycles. The molecule has 0 bridgehead atoms. The number of aromatic nitrogens is 5. The normalized spacial score (nSPS) is 11.0. The summed E-state index contributed by atoms with van der Waals surface area (Å²) in [6.07, 6.45) is 4.87. The van der Waals surface area contributed by atoms with Gasteiger partial charge < -0.3 is 5.32 Å². The SMILES string of the molecule is CCn1nc(-c2nccs2)c(-c2ccc(F)c(C)c2F)c1Nc1ncccn1. The van der Waals surface area contributed by atoms with Crippen LogP contribution >= 0.6 is 11.3 Å². The second-order valence-corrected chi connectivity index (χ2v) is 6.85. The number of hydrogen-bond donors (Lipinski definition) is 1. The summed E-state index contributed by atoms with van der Waals surface area (Å²) in [4.78, 5) is 12.7. The largest absolute Gasteiger partial charge is 0.308 e. The molecular weight excluding hydrogens is 382 g/mol. The van der Waals surface area contributed by atoms with Crippen molar-refractivity contribution in [1.29, 1.82) is 0 Å². The molecular formula is C19H16F2N6S. The standard InChI is InChI=1S/C19H16F2N6S/c1-3-27-17(25-19-23-7-4-8-24-19)14(16(26-27)18-22-9-10-28-18)12-5-6-13(20)11(2)15(12)21/h4-10H,3H2,1-2H3,(H,23,24,25). The van der Waals surface area contributed by atoms with Crippen molar-refractivity contribution in [3.05, 3.63) is 59.4 Å².